The van der Waals surface area contributed by atoms with Gasteiger partial charge in [0.05, 0.1) is 29.3 Å². The average molecular weight is 520 g/mol. The van der Waals surface area contributed by atoms with Crippen LogP contribution in [0.15, 0.2) is 59.6 Å². The van der Waals surface area contributed by atoms with Crippen LogP contribution >= 0.6 is 24.0 Å². The summed E-state index contributed by atoms with van der Waals surface area (Å²) in [4.78, 5) is 15.6. The molecule has 0 aliphatic carbocycles. The van der Waals surface area contributed by atoms with Crippen LogP contribution < -0.4 is 4.74 Å². The number of carbonyl (C=O) groups excluding carboxylic acids is 1. The number of ether oxygens (including phenoxy) is 2. The molecule has 2 saturated heterocycles. The van der Waals surface area contributed by atoms with Crippen molar-refractivity contribution in [1.29, 1.82) is 0 Å². The van der Waals surface area contributed by atoms with Crippen molar-refractivity contribution in [3.05, 3.63) is 70.8 Å². The number of rotatable bonds is 7. The van der Waals surface area contributed by atoms with Crippen molar-refractivity contribution in [2.45, 2.75) is 45.8 Å². The minimum Gasteiger partial charge on any atom is -0.491 e. The Labute approximate surface area is 221 Å². The molecule has 2 aliphatic heterocycles. The predicted octanol–water partition coefficient (Wildman–Crippen LogP) is 6.02. The Morgan fingerprint density at radius 1 is 1.25 bits per heavy atom. The molecule has 3 heterocycles. The van der Waals surface area contributed by atoms with Crippen LogP contribution in [0.2, 0.25) is 0 Å². The summed E-state index contributed by atoms with van der Waals surface area (Å²) in [6, 6.07) is 16.0. The van der Waals surface area contributed by atoms with Crippen LogP contribution in [0, 0.1) is 6.92 Å². The van der Waals surface area contributed by atoms with E-state index in [1.165, 1.54) is 11.8 Å². The summed E-state index contributed by atoms with van der Waals surface area (Å²) in [6.45, 7) is 7.33. The number of aryl methyl sites for hydroxylation is 1. The minimum atomic E-state index is -0.0729. The second kappa shape index (κ2) is 10.6. The SMILES string of the molecule is Cc1cc(OC(C)C)ccc1-c1nn(-c2ccccc2)cc1/C=C1\SC(=S)N(CC2CCCO2)C1=O. The first kappa shape index (κ1) is 24.7. The van der Waals surface area contributed by atoms with E-state index in [0.29, 0.717) is 15.8 Å². The van der Waals surface area contributed by atoms with Gasteiger partial charge in [-0.3, -0.25) is 9.69 Å². The Morgan fingerprint density at radius 2 is 2.06 bits per heavy atom. The Kier molecular flexibility index (Phi) is 7.27. The first-order valence-corrected chi connectivity index (χ1v) is 13.4. The lowest BCUT2D eigenvalue weighted by Crippen LogP contribution is -2.35. The quantitative estimate of drug-likeness (QED) is 0.281. The number of thiocarbonyl (C=S) groups is 1. The van der Waals surface area contributed by atoms with Crippen molar-refractivity contribution in [3.63, 3.8) is 0 Å². The Morgan fingerprint density at radius 3 is 2.75 bits per heavy atom. The van der Waals surface area contributed by atoms with Gasteiger partial charge in [0.2, 0.25) is 0 Å². The number of hydrogen-bond acceptors (Lipinski definition) is 6. The fraction of sp³-hybridized carbons (Fsp3) is 0.321. The standard InChI is InChI=1S/C28H29N3O3S2/c1-18(2)34-22-11-12-24(19(3)14-22)26-20(16-31(29-26)21-8-5-4-6-9-21)15-25-27(32)30(28(35)36-25)17-23-10-7-13-33-23/h4-6,8-9,11-12,14-16,18,23H,7,10,13,17H2,1-3H3/b25-15-. The van der Waals surface area contributed by atoms with E-state index >= 15 is 0 Å². The average Bonchev–Trinajstić information content (AvgIpc) is 3.57. The van der Waals surface area contributed by atoms with E-state index in [2.05, 4.69) is 6.92 Å². The monoisotopic (exact) mass is 519 g/mol. The van der Waals surface area contributed by atoms with Crippen LogP contribution in [0.3, 0.4) is 0 Å². The highest BCUT2D eigenvalue weighted by Gasteiger charge is 2.35. The molecular formula is C28H29N3O3S2. The third-order valence-electron chi connectivity index (χ3n) is 6.16. The van der Waals surface area contributed by atoms with E-state index in [-0.39, 0.29) is 18.1 Å². The van der Waals surface area contributed by atoms with Gasteiger partial charge in [0, 0.05) is 23.9 Å². The van der Waals surface area contributed by atoms with Gasteiger partial charge in [-0.1, -0.05) is 42.2 Å². The lowest BCUT2D eigenvalue weighted by Gasteiger charge is -2.18. The Bertz CT molecular complexity index is 1310. The molecule has 2 aromatic carbocycles. The summed E-state index contributed by atoms with van der Waals surface area (Å²) in [5.41, 5.74) is 4.64. The van der Waals surface area contributed by atoms with Crippen LogP contribution in [-0.2, 0) is 9.53 Å². The van der Waals surface area contributed by atoms with Crippen LogP contribution in [0.4, 0.5) is 0 Å². The van der Waals surface area contributed by atoms with Crippen molar-refractivity contribution in [1.82, 2.24) is 14.7 Å². The van der Waals surface area contributed by atoms with Crippen molar-refractivity contribution < 1.29 is 14.3 Å². The molecule has 5 rings (SSSR count). The Balaban J connectivity index is 1.52. The van der Waals surface area contributed by atoms with E-state index in [1.54, 1.807) is 4.90 Å². The molecule has 1 unspecified atom stereocenters. The third-order valence-corrected chi connectivity index (χ3v) is 7.54. The van der Waals surface area contributed by atoms with Gasteiger partial charge in [0.1, 0.15) is 15.8 Å². The highest BCUT2D eigenvalue weighted by molar-refractivity contribution is 8.26. The van der Waals surface area contributed by atoms with Crippen LogP contribution in [-0.4, -0.2) is 50.3 Å². The molecule has 2 fully saturated rings. The second-order valence-electron chi connectivity index (χ2n) is 9.28. The maximum absolute atomic E-state index is 13.3. The largest absolute Gasteiger partial charge is 0.491 e. The molecule has 0 saturated carbocycles. The highest BCUT2D eigenvalue weighted by Crippen LogP contribution is 2.36. The minimum absolute atomic E-state index is 0.0532. The molecule has 1 atom stereocenters. The van der Waals surface area contributed by atoms with Crippen LogP contribution in [0.5, 0.6) is 5.75 Å². The van der Waals surface area contributed by atoms with Crippen molar-refractivity contribution in [3.8, 4) is 22.7 Å². The summed E-state index contributed by atoms with van der Waals surface area (Å²) in [5.74, 6) is 0.751. The van der Waals surface area contributed by atoms with Crippen molar-refractivity contribution >= 4 is 40.3 Å². The molecule has 1 amide bonds. The van der Waals surface area contributed by atoms with Gasteiger partial charge < -0.3 is 9.47 Å². The normalized spacial score (nSPS) is 19.2. The number of hydrogen-bond donors (Lipinski definition) is 0. The predicted molar refractivity (Wildman–Crippen MR) is 148 cm³/mol. The van der Waals surface area contributed by atoms with Crippen molar-refractivity contribution in [2.75, 3.05) is 13.2 Å². The summed E-state index contributed by atoms with van der Waals surface area (Å²) < 4.78 is 14.0. The molecule has 186 valence electrons. The van der Waals surface area contributed by atoms with E-state index in [0.717, 1.165) is 53.3 Å². The second-order valence-corrected chi connectivity index (χ2v) is 11.0. The number of nitrogens with zero attached hydrogens (tertiary/aromatic N) is 3. The van der Waals surface area contributed by atoms with Gasteiger partial charge in [0.25, 0.3) is 5.91 Å². The lowest BCUT2D eigenvalue weighted by molar-refractivity contribution is -0.123. The third kappa shape index (κ3) is 5.26. The Hall–Kier alpha value is -2.94. The lowest BCUT2D eigenvalue weighted by atomic mass is 10.0. The number of benzene rings is 2. The van der Waals surface area contributed by atoms with Gasteiger partial charge in [-0.2, -0.15) is 5.10 Å². The van der Waals surface area contributed by atoms with E-state index in [4.69, 9.17) is 26.8 Å². The molecule has 3 aromatic rings. The van der Waals surface area contributed by atoms with Gasteiger partial charge >= 0.3 is 0 Å². The summed E-state index contributed by atoms with van der Waals surface area (Å²) >= 11 is 6.90. The molecule has 0 spiro atoms. The van der Waals surface area contributed by atoms with E-state index < -0.39 is 0 Å². The van der Waals surface area contributed by atoms with Gasteiger partial charge in [0.15, 0.2) is 0 Å². The zero-order chi connectivity index (χ0) is 25.2. The molecule has 8 heteroatoms. The van der Waals surface area contributed by atoms with Gasteiger partial charge in [-0.15, -0.1) is 0 Å². The highest BCUT2D eigenvalue weighted by atomic mass is 32.2. The number of thioether (sulfide) groups is 1. The van der Waals surface area contributed by atoms with Gasteiger partial charge in [-0.25, -0.2) is 4.68 Å². The molecule has 0 N–H and O–H groups in total. The molecule has 6 nitrogen and oxygen atoms in total. The maximum atomic E-state index is 13.3. The molecule has 2 aliphatic rings. The maximum Gasteiger partial charge on any atom is 0.266 e. The van der Waals surface area contributed by atoms with E-state index in [1.807, 2.05) is 79.3 Å². The summed E-state index contributed by atoms with van der Waals surface area (Å²) in [6.07, 6.45) is 6.01. The first-order chi connectivity index (χ1) is 17.4. The zero-order valence-corrected chi connectivity index (χ0v) is 22.3. The van der Waals surface area contributed by atoms with E-state index in [9.17, 15) is 4.79 Å². The smallest absolute Gasteiger partial charge is 0.266 e. The number of amides is 1. The molecule has 36 heavy (non-hydrogen) atoms. The fourth-order valence-electron chi connectivity index (χ4n) is 4.45. The number of para-hydroxylation sites is 1. The van der Waals surface area contributed by atoms with Gasteiger partial charge in [-0.05, 0) is 75.6 Å². The van der Waals surface area contributed by atoms with Crippen molar-refractivity contribution in [2.24, 2.45) is 0 Å². The summed E-state index contributed by atoms with van der Waals surface area (Å²) in [5, 5.41) is 4.93. The van der Waals surface area contributed by atoms with Crippen LogP contribution in [0.1, 0.15) is 37.8 Å². The summed E-state index contributed by atoms with van der Waals surface area (Å²) in [7, 11) is 0. The molecule has 0 radical (unpaired) electrons. The number of carbonyl (C=O) groups is 1. The molecular weight excluding hydrogens is 490 g/mol. The first-order valence-electron chi connectivity index (χ1n) is 12.2. The molecule has 1 aromatic heterocycles. The topological polar surface area (TPSA) is 56.6 Å². The fourth-order valence-corrected chi connectivity index (χ4v) is 5.72. The van der Waals surface area contributed by atoms with Crippen LogP contribution in [0.25, 0.3) is 23.0 Å². The number of aromatic nitrogens is 2. The molecule has 0 bridgehead atoms. The zero-order valence-electron chi connectivity index (χ0n) is 20.6.